The lowest BCUT2D eigenvalue weighted by atomic mass is 9.83. The summed E-state index contributed by atoms with van der Waals surface area (Å²) in [6.45, 7) is 6.76. The molecule has 4 rings (SSSR count). The fraction of sp³-hybridized carbons (Fsp3) is 0.524. The number of oxazole rings is 1. The number of aromatic nitrogens is 1. The van der Waals surface area contributed by atoms with Crippen LogP contribution in [0.2, 0.25) is 5.02 Å². The molecule has 0 N–H and O–H groups in total. The van der Waals surface area contributed by atoms with Crippen molar-refractivity contribution in [1.29, 1.82) is 0 Å². The van der Waals surface area contributed by atoms with E-state index in [0.717, 1.165) is 56.5 Å². The molecule has 1 aromatic heterocycles. The van der Waals surface area contributed by atoms with Crippen LogP contribution in [0.5, 0.6) is 0 Å². The molecule has 1 amide bonds. The Kier molecular flexibility index (Phi) is 5.50. The Morgan fingerprint density at radius 3 is 2.52 bits per heavy atom. The van der Waals surface area contributed by atoms with Gasteiger partial charge < -0.3 is 9.32 Å². The first-order valence-corrected chi connectivity index (χ1v) is 10.1. The monoisotopic (exact) mass is 387 g/mol. The molecule has 2 saturated heterocycles. The van der Waals surface area contributed by atoms with Gasteiger partial charge in [0.1, 0.15) is 0 Å². The van der Waals surface area contributed by atoms with E-state index in [9.17, 15) is 4.79 Å². The van der Waals surface area contributed by atoms with Gasteiger partial charge in [0.05, 0.1) is 5.69 Å². The minimum Gasteiger partial charge on any atom is -0.438 e. The highest BCUT2D eigenvalue weighted by Crippen LogP contribution is 2.33. The SMILES string of the molecule is Cc1ncoc1C(=O)N1CCC(C2CCN(Cc3ccc(Cl)cc3)C2)CC1. The van der Waals surface area contributed by atoms with E-state index in [1.165, 1.54) is 18.4 Å². The van der Waals surface area contributed by atoms with Crippen molar-refractivity contribution in [1.82, 2.24) is 14.8 Å². The van der Waals surface area contributed by atoms with Gasteiger partial charge in [0, 0.05) is 31.2 Å². The van der Waals surface area contributed by atoms with E-state index in [1.807, 2.05) is 24.0 Å². The van der Waals surface area contributed by atoms with E-state index >= 15 is 0 Å². The van der Waals surface area contributed by atoms with Gasteiger partial charge in [-0.25, -0.2) is 4.98 Å². The van der Waals surface area contributed by atoms with Crippen molar-refractivity contribution in [2.24, 2.45) is 11.8 Å². The molecule has 27 heavy (non-hydrogen) atoms. The van der Waals surface area contributed by atoms with Crippen LogP contribution in [0, 0.1) is 18.8 Å². The van der Waals surface area contributed by atoms with Crippen LogP contribution in [0.25, 0.3) is 0 Å². The van der Waals surface area contributed by atoms with Crippen molar-refractivity contribution in [3.63, 3.8) is 0 Å². The predicted molar refractivity (Wildman–Crippen MR) is 105 cm³/mol. The summed E-state index contributed by atoms with van der Waals surface area (Å²) in [5.74, 6) is 1.82. The summed E-state index contributed by atoms with van der Waals surface area (Å²) in [5, 5.41) is 0.792. The summed E-state index contributed by atoms with van der Waals surface area (Å²) in [6, 6.07) is 8.16. The molecule has 0 bridgehead atoms. The molecular formula is C21H26ClN3O2. The first-order chi connectivity index (χ1) is 13.1. The van der Waals surface area contributed by atoms with Gasteiger partial charge in [0.2, 0.25) is 5.76 Å². The van der Waals surface area contributed by atoms with Gasteiger partial charge in [-0.2, -0.15) is 0 Å². The number of hydrogen-bond donors (Lipinski definition) is 0. The van der Waals surface area contributed by atoms with Gasteiger partial charge in [0.15, 0.2) is 6.39 Å². The molecule has 2 aliphatic rings. The van der Waals surface area contributed by atoms with Crippen LogP contribution in [0.1, 0.15) is 41.1 Å². The maximum Gasteiger partial charge on any atom is 0.291 e. The van der Waals surface area contributed by atoms with Crippen molar-refractivity contribution >= 4 is 17.5 Å². The van der Waals surface area contributed by atoms with E-state index in [1.54, 1.807) is 0 Å². The number of carbonyl (C=O) groups is 1. The minimum atomic E-state index is -0.0146. The lowest BCUT2D eigenvalue weighted by molar-refractivity contribution is 0.0626. The van der Waals surface area contributed by atoms with E-state index in [-0.39, 0.29) is 5.91 Å². The Hall–Kier alpha value is -1.85. The smallest absolute Gasteiger partial charge is 0.291 e. The summed E-state index contributed by atoms with van der Waals surface area (Å²) in [7, 11) is 0. The molecule has 144 valence electrons. The number of likely N-dealkylation sites (tertiary alicyclic amines) is 2. The Labute approximate surface area is 165 Å². The highest BCUT2D eigenvalue weighted by molar-refractivity contribution is 6.30. The molecule has 2 fully saturated rings. The molecule has 2 aromatic rings. The van der Waals surface area contributed by atoms with Crippen molar-refractivity contribution in [3.8, 4) is 0 Å². The largest absolute Gasteiger partial charge is 0.438 e. The zero-order valence-corrected chi connectivity index (χ0v) is 16.5. The predicted octanol–water partition coefficient (Wildman–Crippen LogP) is 4.01. The molecule has 0 spiro atoms. The fourth-order valence-electron chi connectivity index (χ4n) is 4.46. The molecule has 2 aliphatic heterocycles. The van der Waals surface area contributed by atoms with Crippen molar-refractivity contribution in [2.45, 2.75) is 32.7 Å². The molecule has 0 saturated carbocycles. The van der Waals surface area contributed by atoms with Crippen LogP contribution >= 0.6 is 11.6 Å². The van der Waals surface area contributed by atoms with Crippen molar-refractivity contribution in [2.75, 3.05) is 26.2 Å². The van der Waals surface area contributed by atoms with Crippen LogP contribution < -0.4 is 0 Å². The van der Waals surface area contributed by atoms with E-state index in [2.05, 4.69) is 22.0 Å². The second kappa shape index (κ2) is 8.03. The molecule has 1 aromatic carbocycles. The van der Waals surface area contributed by atoms with Crippen molar-refractivity contribution in [3.05, 3.63) is 52.7 Å². The number of benzene rings is 1. The van der Waals surface area contributed by atoms with E-state index in [0.29, 0.717) is 17.4 Å². The maximum atomic E-state index is 12.6. The Morgan fingerprint density at radius 1 is 1.15 bits per heavy atom. The Bertz CT molecular complexity index is 781. The first-order valence-electron chi connectivity index (χ1n) is 9.76. The van der Waals surface area contributed by atoms with Gasteiger partial charge in [-0.3, -0.25) is 9.69 Å². The normalized spacial score (nSPS) is 21.7. The number of hydrogen-bond acceptors (Lipinski definition) is 4. The molecule has 3 heterocycles. The molecule has 0 radical (unpaired) electrons. The number of halogens is 1. The maximum absolute atomic E-state index is 12.6. The number of rotatable bonds is 4. The lowest BCUT2D eigenvalue weighted by Crippen LogP contribution is -2.40. The van der Waals surface area contributed by atoms with Gasteiger partial charge in [-0.15, -0.1) is 0 Å². The average Bonchev–Trinajstić information content (AvgIpc) is 3.32. The number of carbonyl (C=O) groups excluding carboxylic acids is 1. The third kappa shape index (κ3) is 4.19. The highest BCUT2D eigenvalue weighted by Gasteiger charge is 2.33. The van der Waals surface area contributed by atoms with Crippen LogP contribution in [-0.4, -0.2) is 46.9 Å². The average molecular weight is 388 g/mol. The third-order valence-electron chi connectivity index (χ3n) is 6.06. The van der Waals surface area contributed by atoms with Crippen LogP contribution in [-0.2, 0) is 6.54 Å². The minimum absolute atomic E-state index is 0.0146. The van der Waals surface area contributed by atoms with Crippen molar-refractivity contribution < 1.29 is 9.21 Å². The number of aryl methyl sites for hydroxylation is 1. The van der Waals surface area contributed by atoms with Gasteiger partial charge in [0.25, 0.3) is 5.91 Å². The number of amides is 1. The quantitative estimate of drug-likeness (QED) is 0.795. The number of nitrogens with zero attached hydrogens (tertiary/aromatic N) is 3. The van der Waals surface area contributed by atoms with Crippen LogP contribution in [0.4, 0.5) is 0 Å². The summed E-state index contributed by atoms with van der Waals surface area (Å²) < 4.78 is 5.27. The van der Waals surface area contributed by atoms with Gasteiger partial charge >= 0.3 is 0 Å². The third-order valence-corrected chi connectivity index (χ3v) is 6.31. The zero-order valence-electron chi connectivity index (χ0n) is 15.7. The zero-order chi connectivity index (χ0) is 18.8. The highest BCUT2D eigenvalue weighted by atomic mass is 35.5. The molecule has 6 heteroatoms. The summed E-state index contributed by atoms with van der Waals surface area (Å²) in [5.41, 5.74) is 2.00. The Balaban J connectivity index is 1.27. The summed E-state index contributed by atoms with van der Waals surface area (Å²) >= 11 is 5.98. The topological polar surface area (TPSA) is 49.6 Å². The van der Waals surface area contributed by atoms with Crippen LogP contribution in [0.3, 0.4) is 0 Å². The fourth-order valence-corrected chi connectivity index (χ4v) is 4.59. The van der Waals surface area contributed by atoms with Gasteiger partial charge in [-0.1, -0.05) is 23.7 Å². The lowest BCUT2D eigenvalue weighted by Gasteiger charge is -2.34. The van der Waals surface area contributed by atoms with E-state index < -0.39 is 0 Å². The molecule has 5 nitrogen and oxygen atoms in total. The van der Waals surface area contributed by atoms with Gasteiger partial charge in [-0.05, 0) is 62.3 Å². The summed E-state index contributed by atoms with van der Waals surface area (Å²) in [4.78, 5) is 21.1. The molecule has 1 unspecified atom stereocenters. The van der Waals surface area contributed by atoms with Crippen LogP contribution in [0.15, 0.2) is 35.1 Å². The molecule has 1 atom stereocenters. The van der Waals surface area contributed by atoms with E-state index in [4.69, 9.17) is 16.0 Å². The number of piperidine rings is 1. The first kappa shape index (κ1) is 18.5. The molecule has 0 aliphatic carbocycles. The standard InChI is InChI=1S/C21H26ClN3O2/c1-15-20(27-14-23-15)21(26)25-10-7-17(8-11-25)18-6-9-24(13-18)12-16-2-4-19(22)5-3-16/h2-5,14,17-18H,6-13H2,1H3. The summed E-state index contributed by atoms with van der Waals surface area (Å²) in [6.07, 6.45) is 4.77. The second-order valence-electron chi connectivity index (χ2n) is 7.81. The second-order valence-corrected chi connectivity index (χ2v) is 8.24. The Morgan fingerprint density at radius 2 is 1.85 bits per heavy atom. The molecular weight excluding hydrogens is 362 g/mol.